The van der Waals surface area contributed by atoms with Gasteiger partial charge in [0.05, 0.1) is 0 Å². The quantitative estimate of drug-likeness (QED) is 0.0917. The third-order valence-electron chi connectivity index (χ3n) is 4.90. The van der Waals surface area contributed by atoms with Crippen LogP contribution in [0.1, 0.15) is 45.4 Å². The first kappa shape index (κ1) is 23.7. The van der Waals surface area contributed by atoms with E-state index in [4.69, 9.17) is 12.5 Å². The van der Waals surface area contributed by atoms with Crippen LogP contribution in [0.2, 0.25) is 0 Å². The standard InChI is InChI=1S/C19H36IN2O4S/c1-2-5-18(27)6-3-4-7-19(23)26-17(14-21-8-11-24-12-9-21)15-22-10-13-25-20-16-22/h17-18,27H,2-16H2,1H3/q-1/t17?,18-/m0/s1. The van der Waals surface area contributed by atoms with Crippen molar-refractivity contribution in [1.29, 1.82) is 0 Å². The third kappa shape index (κ3) is 10.7. The summed E-state index contributed by atoms with van der Waals surface area (Å²) in [7, 11) is 0. The fourth-order valence-electron chi connectivity index (χ4n) is 3.39. The van der Waals surface area contributed by atoms with Crippen LogP contribution in [0.5, 0.6) is 0 Å². The monoisotopic (exact) mass is 515 g/mol. The van der Waals surface area contributed by atoms with Gasteiger partial charge in [-0.25, -0.2) is 0 Å². The molecule has 2 aliphatic rings. The minimum atomic E-state index is -0.177. The van der Waals surface area contributed by atoms with Gasteiger partial charge in [-0.05, 0) is 0 Å². The summed E-state index contributed by atoms with van der Waals surface area (Å²) in [5.41, 5.74) is 0. The molecule has 0 N–H and O–H groups in total. The number of morpholine rings is 1. The number of thiol groups is 1. The summed E-state index contributed by atoms with van der Waals surface area (Å²) in [5.74, 6) is -0.0533. The van der Waals surface area contributed by atoms with Crippen LogP contribution in [0.15, 0.2) is 0 Å². The second kappa shape index (κ2) is 14.4. The first-order valence-electron chi connectivity index (χ1n) is 10.3. The number of hydrogen-bond acceptors (Lipinski definition) is 7. The number of esters is 1. The van der Waals surface area contributed by atoms with Crippen molar-refractivity contribution in [1.82, 2.24) is 9.80 Å². The molecule has 0 spiro atoms. The zero-order valence-electron chi connectivity index (χ0n) is 16.6. The van der Waals surface area contributed by atoms with Crippen molar-refractivity contribution >= 4 is 18.6 Å². The predicted molar refractivity (Wildman–Crippen MR) is 106 cm³/mol. The molecule has 2 atom stereocenters. The molecule has 160 valence electrons. The van der Waals surface area contributed by atoms with Crippen molar-refractivity contribution in [2.24, 2.45) is 0 Å². The summed E-state index contributed by atoms with van der Waals surface area (Å²) in [6.45, 7) is 8.95. The number of carbonyl (C=O) groups excluding carboxylic acids is 1. The molecule has 2 heterocycles. The summed E-state index contributed by atoms with van der Waals surface area (Å²) in [6, 6.07) is 0. The molecule has 0 aromatic heterocycles. The van der Waals surface area contributed by atoms with Gasteiger partial charge in [0.25, 0.3) is 0 Å². The van der Waals surface area contributed by atoms with E-state index in [2.05, 4.69) is 29.4 Å². The Morgan fingerprint density at radius 2 is 1.85 bits per heavy atom. The van der Waals surface area contributed by atoms with Gasteiger partial charge in [-0.2, -0.15) is 0 Å². The molecule has 2 fully saturated rings. The van der Waals surface area contributed by atoms with Crippen LogP contribution in [-0.2, 0) is 17.3 Å². The number of rotatable bonds is 12. The maximum absolute atomic E-state index is 12.4. The van der Waals surface area contributed by atoms with E-state index in [1.54, 1.807) is 0 Å². The van der Waals surface area contributed by atoms with E-state index in [-0.39, 0.29) is 33.7 Å². The summed E-state index contributed by atoms with van der Waals surface area (Å²) in [5, 5.41) is 0.463. The molecular weight excluding hydrogens is 479 g/mol. The topological polar surface area (TPSA) is 51.2 Å². The first-order chi connectivity index (χ1) is 13.2. The van der Waals surface area contributed by atoms with Crippen LogP contribution < -0.4 is 21.6 Å². The van der Waals surface area contributed by atoms with Gasteiger partial charge >= 0.3 is 168 Å². The van der Waals surface area contributed by atoms with Crippen molar-refractivity contribution in [2.45, 2.75) is 56.8 Å². The SMILES string of the molecule is CCC[C@H](S)CCCCC(=O)OC(CN1CCOCC1)CN1CCO[I-]C1. The number of unbranched alkanes of at least 4 members (excludes halogenated alkanes) is 1. The Labute approximate surface area is 180 Å². The second-order valence-corrected chi connectivity index (χ2v) is 9.99. The second-order valence-electron chi connectivity index (χ2n) is 7.33. The van der Waals surface area contributed by atoms with Crippen molar-refractivity contribution in [3.05, 3.63) is 0 Å². The van der Waals surface area contributed by atoms with Gasteiger partial charge in [0.1, 0.15) is 0 Å². The average Bonchev–Trinajstić information content (AvgIpc) is 2.67. The Bertz CT molecular complexity index is 387. The van der Waals surface area contributed by atoms with Gasteiger partial charge in [-0.1, -0.05) is 13.3 Å². The normalized spacial score (nSPS) is 22.0. The molecule has 2 saturated heterocycles. The van der Waals surface area contributed by atoms with E-state index in [1.165, 1.54) is 6.42 Å². The molecular formula is C19H36IN2O4S-. The fourth-order valence-corrected chi connectivity index (χ4v) is 5.54. The van der Waals surface area contributed by atoms with E-state index in [1.807, 2.05) is 0 Å². The van der Waals surface area contributed by atoms with E-state index in [0.717, 1.165) is 82.8 Å². The first-order valence-corrected chi connectivity index (χ1v) is 13.2. The summed E-state index contributed by atoms with van der Waals surface area (Å²) in [4.78, 5) is 17.1. The number of alkyl halides is 1. The molecule has 8 heteroatoms. The van der Waals surface area contributed by atoms with Crippen LogP contribution in [0.3, 0.4) is 0 Å². The van der Waals surface area contributed by atoms with Gasteiger partial charge in [-0.3, -0.25) is 0 Å². The molecule has 0 aromatic rings. The van der Waals surface area contributed by atoms with E-state index in [9.17, 15) is 4.79 Å². The maximum atomic E-state index is 12.4. The molecule has 2 aliphatic heterocycles. The predicted octanol–water partition coefficient (Wildman–Crippen LogP) is -0.817. The van der Waals surface area contributed by atoms with Crippen LogP contribution in [0.25, 0.3) is 0 Å². The van der Waals surface area contributed by atoms with Crippen molar-refractivity contribution in [3.8, 4) is 0 Å². The molecule has 6 nitrogen and oxygen atoms in total. The molecule has 0 radical (unpaired) electrons. The van der Waals surface area contributed by atoms with Gasteiger partial charge in [-0.15, -0.1) is 0 Å². The summed E-state index contributed by atoms with van der Waals surface area (Å²) in [6.07, 6.45) is 5.80. The Balaban J connectivity index is 1.72. The zero-order chi connectivity index (χ0) is 19.3. The molecule has 0 aromatic carbocycles. The molecule has 0 bridgehead atoms. The fraction of sp³-hybridized carbons (Fsp3) is 0.947. The van der Waals surface area contributed by atoms with Crippen molar-refractivity contribution in [3.63, 3.8) is 0 Å². The molecule has 2 rings (SSSR count). The Kier molecular flexibility index (Phi) is 12.6. The van der Waals surface area contributed by atoms with Crippen LogP contribution in [-0.4, -0.2) is 84.2 Å². The van der Waals surface area contributed by atoms with Crippen LogP contribution in [0.4, 0.5) is 0 Å². The van der Waals surface area contributed by atoms with Crippen molar-refractivity contribution < 1.29 is 39.0 Å². The van der Waals surface area contributed by atoms with Crippen LogP contribution >= 0.6 is 12.6 Å². The van der Waals surface area contributed by atoms with Gasteiger partial charge in [0.15, 0.2) is 0 Å². The van der Waals surface area contributed by atoms with E-state index in [0.29, 0.717) is 11.7 Å². The third-order valence-corrected chi connectivity index (χ3v) is 7.54. The van der Waals surface area contributed by atoms with Crippen molar-refractivity contribution in [2.75, 3.05) is 57.1 Å². The Hall–Kier alpha value is 0.390. The molecule has 0 amide bonds. The molecule has 27 heavy (non-hydrogen) atoms. The number of hydrogen-bond donors (Lipinski definition) is 1. The number of carbonyl (C=O) groups is 1. The number of ether oxygens (including phenoxy) is 2. The number of halogens is 1. The molecule has 0 saturated carbocycles. The van der Waals surface area contributed by atoms with Gasteiger partial charge < -0.3 is 0 Å². The zero-order valence-corrected chi connectivity index (χ0v) is 19.7. The van der Waals surface area contributed by atoms with Gasteiger partial charge in [0.2, 0.25) is 0 Å². The van der Waals surface area contributed by atoms with E-state index < -0.39 is 0 Å². The van der Waals surface area contributed by atoms with Gasteiger partial charge in [0, 0.05) is 0 Å². The Morgan fingerprint density at radius 3 is 2.56 bits per heavy atom. The summed E-state index contributed by atoms with van der Waals surface area (Å²) < 4.78 is 17.9. The average molecular weight is 515 g/mol. The molecule has 1 unspecified atom stereocenters. The summed E-state index contributed by atoms with van der Waals surface area (Å²) >= 11 is 4.42. The van der Waals surface area contributed by atoms with Crippen LogP contribution in [0, 0.1) is 0 Å². The van der Waals surface area contributed by atoms with E-state index >= 15 is 0 Å². The number of nitrogens with zero attached hydrogens (tertiary/aromatic N) is 2. The minimum absolute atomic E-state index is 0.0533. The molecule has 0 aliphatic carbocycles. The Morgan fingerprint density at radius 1 is 1.11 bits per heavy atom.